The first-order valence-electron chi connectivity index (χ1n) is 10.7. The van der Waals surface area contributed by atoms with Crippen LogP contribution in [0.5, 0.6) is 5.75 Å². The quantitative estimate of drug-likeness (QED) is 0.816. The molecule has 0 radical (unpaired) electrons. The minimum absolute atomic E-state index is 0.0311. The maximum absolute atomic E-state index is 12.8. The molecule has 1 aromatic carbocycles. The largest absolute Gasteiger partial charge is 0.497 e. The topological polar surface area (TPSA) is 79.7 Å². The van der Waals surface area contributed by atoms with Crippen LogP contribution in [0.15, 0.2) is 30.3 Å². The van der Waals surface area contributed by atoms with Gasteiger partial charge < -0.3 is 19.9 Å². The second-order valence-electron chi connectivity index (χ2n) is 7.81. The van der Waals surface area contributed by atoms with Gasteiger partial charge in [0.25, 0.3) is 5.91 Å². The number of nitrogens with one attached hydrogen (secondary N) is 1. The molecule has 3 amide bonds. The maximum atomic E-state index is 12.8. The highest BCUT2D eigenvalue weighted by molar-refractivity contribution is 5.92. The molecule has 2 aliphatic rings. The molecule has 1 N–H and O–H groups in total. The lowest BCUT2D eigenvalue weighted by Crippen LogP contribution is -2.53. The Kier molecular flexibility index (Phi) is 6.21. The number of rotatable bonds is 5. The number of ether oxygens (including phenoxy) is 1. The van der Waals surface area contributed by atoms with Crippen molar-refractivity contribution in [1.29, 1.82) is 0 Å². The molecule has 1 aromatic heterocycles. The van der Waals surface area contributed by atoms with E-state index in [1.165, 1.54) is 0 Å². The van der Waals surface area contributed by atoms with Crippen LogP contribution in [0.2, 0.25) is 0 Å². The van der Waals surface area contributed by atoms with Gasteiger partial charge in [-0.2, -0.15) is 5.10 Å². The average molecular weight is 412 g/mol. The lowest BCUT2D eigenvalue weighted by atomic mass is 10.1. The van der Waals surface area contributed by atoms with Gasteiger partial charge in [0.15, 0.2) is 5.69 Å². The molecule has 3 heterocycles. The highest BCUT2D eigenvalue weighted by Crippen LogP contribution is 2.17. The van der Waals surface area contributed by atoms with E-state index >= 15 is 0 Å². The Morgan fingerprint density at radius 2 is 1.77 bits per heavy atom. The smallest absolute Gasteiger partial charge is 0.317 e. The minimum atomic E-state index is -0.0759. The van der Waals surface area contributed by atoms with Crippen molar-refractivity contribution < 1.29 is 14.3 Å². The van der Waals surface area contributed by atoms with Gasteiger partial charge in [-0.25, -0.2) is 4.79 Å². The summed E-state index contributed by atoms with van der Waals surface area (Å²) in [5.74, 6) is 0.794. The van der Waals surface area contributed by atoms with Crippen molar-refractivity contribution >= 4 is 11.9 Å². The Bertz CT molecular complexity index is 861. The van der Waals surface area contributed by atoms with Gasteiger partial charge in [0.1, 0.15) is 5.75 Å². The molecule has 1 fully saturated rings. The summed E-state index contributed by atoms with van der Waals surface area (Å²) < 4.78 is 7.12. The minimum Gasteiger partial charge on any atom is -0.497 e. The fourth-order valence-corrected chi connectivity index (χ4v) is 4.01. The molecule has 30 heavy (non-hydrogen) atoms. The van der Waals surface area contributed by atoms with E-state index in [1.54, 1.807) is 16.9 Å². The lowest BCUT2D eigenvalue weighted by Gasteiger charge is -2.34. The van der Waals surface area contributed by atoms with Gasteiger partial charge in [0.05, 0.1) is 7.11 Å². The van der Waals surface area contributed by atoms with E-state index in [1.807, 2.05) is 35.0 Å². The number of nitrogens with zero attached hydrogens (tertiary/aromatic N) is 4. The summed E-state index contributed by atoms with van der Waals surface area (Å²) in [6, 6.07) is 9.70. The summed E-state index contributed by atoms with van der Waals surface area (Å²) >= 11 is 0. The number of aromatic nitrogens is 2. The maximum Gasteiger partial charge on any atom is 0.317 e. The number of benzene rings is 1. The first-order chi connectivity index (χ1) is 14.6. The molecule has 8 heteroatoms. The number of fused-ring (bicyclic) bond motifs is 1. The zero-order chi connectivity index (χ0) is 20.9. The van der Waals surface area contributed by atoms with Crippen molar-refractivity contribution in [2.45, 2.75) is 32.2 Å². The van der Waals surface area contributed by atoms with E-state index in [2.05, 4.69) is 10.4 Å². The molecule has 2 aliphatic heterocycles. The Labute approximate surface area is 176 Å². The Morgan fingerprint density at radius 3 is 2.47 bits per heavy atom. The van der Waals surface area contributed by atoms with E-state index in [0.29, 0.717) is 38.4 Å². The van der Waals surface area contributed by atoms with Gasteiger partial charge >= 0.3 is 6.03 Å². The van der Waals surface area contributed by atoms with Crippen LogP contribution in [0.4, 0.5) is 4.79 Å². The van der Waals surface area contributed by atoms with Crippen LogP contribution in [0.3, 0.4) is 0 Å². The number of carbonyl (C=O) groups is 2. The third-order valence-corrected chi connectivity index (χ3v) is 5.84. The first-order valence-corrected chi connectivity index (χ1v) is 10.7. The highest BCUT2D eigenvalue weighted by Gasteiger charge is 2.27. The molecule has 8 nitrogen and oxygen atoms in total. The van der Waals surface area contributed by atoms with Crippen LogP contribution in [0, 0.1) is 0 Å². The van der Waals surface area contributed by atoms with Crippen LogP contribution in [0.25, 0.3) is 0 Å². The number of hydrogen-bond donors (Lipinski definition) is 1. The van der Waals surface area contributed by atoms with E-state index in [0.717, 1.165) is 49.2 Å². The number of amides is 3. The van der Waals surface area contributed by atoms with Crippen molar-refractivity contribution in [3.8, 4) is 5.75 Å². The van der Waals surface area contributed by atoms with Gasteiger partial charge in [0, 0.05) is 45.0 Å². The fourth-order valence-electron chi connectivity index (χ4n) is 4.01. The summed E-state index contributed by atoms with van der Waals surface area (Å²) in [4.78, 5) is 28.8. The third kappa shape index (κ3) is 4.58. The van der Waals surface area contributed by atoms with Crippen LogP contribution >= 0.6 is 0 Å². The molecule has 1 saturated heterocycles. The monoisotopic (exact) mass is 411 g/mol. The molecular weight excluding hydrogens is 382 g/mol. The van der Waals surface area contributed by atoms with Crippen molar-refractivity contribution in [1.82, 2.24) is 24.9 Å². The molecule has 0 aliphatic carbocycles. The average Bonchev–Trinajstić information content (AvgIpc) is 3.23. The summed E-state index contributed by atoms with van der Waals surface area (Å²) in [6.07, 6.45) is 4.03. The molecule has 160 valence electrons. The standard InChI is InChI=1S/C22H29N5O3/c1-30-19-7-5-17(6-8-19)9-10-23-22(29)26-14-12-25(13-15-26)21(28)20-16-18-4-2-3-11-27(18)24-20/h5-8,16H,2-4,9-15H2,1H3,(H,23,29). The number of piperazine rings is 1. The number of carbonyl (C=O) groups excluding carboxylic acids is 2. The zero-order valence-electron chi connectivity index (χ0n) is 17.5. The number of aryl methyl sites for hydroxylation is 2. The Balaban J connectivity index is 1.22. The van der Waals surface area contributed by atoms with Crippen molar-refractivity contribution in [2.75, 3.05) is 39.8 Å². The second kappa shape index (κ2) is 9.19. The molecule has 0 spiro atoms. The van der Waals surface area contributed by atoms with Gasteiger partial charge in [-0.05, 0) is 49.4 Å². The van der Waals surface area contributed by atoms with Crippen LogP contribution < -0.4 is 10.1 Å². The van der Waals surface area contributed by atoms with Crippen molar-refractivity contribution in [3.63, 3.8) is 0 Å². The summed E-state index contributed by atoms with van der Waals surface area (Å²) in [5.41, 5.74) is 2.83. The number of methoxy groups -OCH3 is 1. The molecule has 0 bridgehead atoms. The summed E-state index contributed by atoms with van der Waals surface area (Å²) in [6.45, 7) is 3.61. The van der Waals surface area contributed by atoms with E-state index < -0.39 is 0 Å². The SMILES string of the molecule is COc1ccc(CCNC(=O)N2CCN(C(=O)c3cc4n(n3)CCCC4)CC2)cc1. The lowest BCUT2D eigenvalue weighted by molar-refractivity contribution is 0.0658. The van der Waals surface area contributed by atoms with Crippen LogP contribution in [-0.2, 0) is 19.4 Å². The van der Waals surface area contributed by atoms with Gasteiger partial charge in [-0.1, -0.05) is 12.1 Å². The summed E-state index contributed by atoms with van der Waals surface area (Å²) in [7, 11) is 1.64. The third-order valence-electron chi connectivity index (χ3n) is 5.84. The van der Waals surface area contributed by atoms with E-state index in [-0.39, 0.29) is 11.9 Å². The van der Waals surface area contributed by atoms with Gasteiger partial charge in [-0.3, -0.25) is 9.48 Å². The van der Waals surface area contributed by atoms with E-state index in [9.17, 15) is 9.59 Å². The van der Waals surface area contributed by atoms with E-state index in [4.69, 9.17) is 4.74 Å². The summed E-state index contributed by atoms with van der Waals surface area (Å²) in [5, 5.41) is 7.46. The van der Waals surface area contributed by atoms with Crippen molar-refractivity contribution in [3.05, 3.63) is 47.3 Å². The first kappa shape index (κ1) is 20.3. The zero-order valence-corrected chi connectivity index (χ0v) is 17.5. The van der Waals surface area contributed by atoms with Gasteiger partial charge in [0.2, 0.25) is 0 Å². The molecular formula is C22H29N5O3. The predicted molar refractivity (Wildman–Crippen MR) is 113 cm³/mol. The van der Waals surface area contributed by atoms with Crippen molar-refractivity contribution in [2.24, 2.45) is 0 Å². The van der Waals surface area contributed by atoms with Gasteiger partial charge in [-0.15, -0.1) is 0 Å². The molecule has 0 unspecified atom stereocenters. The molecule has 0 saturated carbocycles. The molecule has 4 rings (SSSR count). The van der Waals surface area contributed by atoms with Crippen LogP contribution in [0.1, 0.15) is 34.6 Å². The molecule has 0 atom stereocenters. The molecule has 2 aromatic rings. The highest BCUT2D eigenvalue weighted by atomic mass is 16.5. The Morgan fingerprint density at radius 1 is 1.03 bits per heavy atom. The number of urea groups is 1. The fraction of sp³-hybridized carbons (Fsp3) is 0.500. The Hall–Kier alpha value is -3.03. The second-order valence-corrected chi connectivity index (χ2v) is 7.81. The van der Waals surface area contributed by atoms with Crippen LogP contribution in [-0.4, -0.2) is 71.4 Å². The normalized spacial score (nSPS) is 16.2. The predicted octanol–water partition coefficient (Wildman–Crippen LogP) is 1.94. The number of hydrogen-bond acceptors (Lipinski definition) is 4.